The van der Waals surface area contributed by atoms with Gasteiger partial charge >= 0.3 is 0 Å². The van der Waals surface area contributed by atoms with E-state index in [0.717, 1.165) is 43.4 Å². The molecule has 0 radical (unpaired) electrons. The molecular weight excluding hydrogens is 542 g/mol. The number of nitrogens with zero attached hydrogens (tertiary/aromatic N) is 3. The molecule has 0 atom stereocenters. The van der Waals surface area contributed by atoms with Gasteiger partial charge in [-0.2, -0.15) is 0 Å². The number of nitrogens with one attached hydrogen (secondary N) is 1. The minimum Gasteiger partial charge on any atom is -0.482 e. The molecular formula is C32H34F2N4O4. The van der Waals surface area contributed by atoms with Crippen LogP contribution in [0.3, 0.4) is 0 Å². The molecule has 10 heteroatoms. The van der Waals surface area contributed by atoms with Crippen LogP contribution in [0.1, 0.15) is 64.6 Å². The molecule has 0 bridgehead atoms. The van der Waals surface area contributed by atoms with Crippen LogP contribution in [-0.4, -0.2) is 41.1 Å². The van der Waals surface area contributed by atoms with E-state index in [1.165, 1.54) is 17.8 Å². The highest BCUT2D eigenvalue weighted by Crippen LogP contribution is 2.30. The second-order valence-electron chi connectivity index (χ2n) is 10.8. The summed E-state index contributed by atoms with van der Waals surface area (Å²) in [6.07, 6.45) is 5.16. The fraction of sp³-hybridized carbons (Fsp3) is 0.344. The first-order chi connectivity index (χ1) is 20.2. The average molecular weight is 577 g/mol. The minimum absolute atomic E-state index is 0.0130. The Hall–Kier alpha value is -4.47. The topological polar surface area (TPSA) is 83.9 Å². The van der Waals surface area contributed by atoms with Crippen molar-refractivity contribution in [2.45, 2.75) is 45.8 Å². The van der Waals surface area contributed by atoms with Crippen LogP contribution in [0.5, 0.6) is 5.75 Å². The lowest BCUT2D eigenvalue weighted by atomic mass is 9.86. The third kappa shape index (κ3) is 6.22. The molecule has 220 valence electrons. The van der Waals surface area contributed by atoms with Gasteiger partial charge in [-0.1, -0.05) is 48.6 Å². The summed E-state index contributed by atoms with van der Waals surface area (Å²) < 4.78 is 35.2. The minimum atomic E-state index is -0.809. The van der Waals surface area contributed by atoms with E-state index < -0.39 is 23.0 Å². The molecule has 2 aromatic carbocycles. The van der Waals surface area contributed by atoms with Gasteiger partial charge in [0.15, 0.2) is 11.4 Å². The Morgan fingerprint density at radius 1 is 1.10 bits per heavy atom. The van der Waals surface area contributed by atoms with E-state index in [2.05, 4.69) is 11.9 Å². The molecule has 0 unspecified atom stereocenters. The fourth-order valence-electron chi connectivity index (χ4n) is 5.39. The predicted molar refractivity (Wildman–Crippen MR) is 155 cm³/mol. The lowest BCUT2D eigenvalue weighted by Crippen LogP contribution is -2.56. The molecule has 42 heavy (non-hydrogen) atoms. The van der Waals surface area contributed by atoms with Gasteiger partial charge in [-0.25, -0.2) is 8.78 Å². The third-order valence-electron chi connectivity index (χ3n) is 7.86. The summed E-state index contributed by atoms with van der Waals surface area (Å²) in [6, 6.07) is 12.3. The number of benzene rings is 2. The van der Waals surface area contributed by atoms with Crippen LogP contribution in [0, 0.1) is 17.6 Å². The lowest BCUT2D eigenvalue weighted by Gasteiger charge is -2.42. The standard InChI is InChI=1S/C32H34F2N4O4/c1-3-36-20-37(17-22-11-9-21(2)10-12-22)38-18-26(31(40)35-16-24-13-14-25(33)15-27(24)34)29(39)30(28(38)32(36)41)42-19-23-7-5-4-6-8-23/h4-8,13-15,18,22H,2-3,9-12,16-17,19-20H2,1H3,(H,35,40). The first-order valence-corrected chi connectivity index (χ1v) is 14.1. The maximum absolute atomic E-state index is 14.2. The van der Waals surface area contributed by atoms with Crippen LogP contribution in [0.25, 0.3) is 0 Å². The van der Waals surface area contributed by atoms with E-state index >= 15 is 0 Å². The van der Waals surface area contributed by atoms with Gasteiger partial charge < -0.3 is 15.0 Å². The van der Waals surface area contributed by atoms with Gasteiger partial charge in [-0.05, 0) is 50.2 Å². The van der Waals surface area contributed by atoms with Crippen LogP contribution in [0.2, 0.25) is 0 Å². The summed E-state index contributed by atoms with van der Waals surface area (Å²) in [6.45, 7) is 7.04. The molecule has 5 rings (SSSR count). The molecule has 1 saturated carbocycles. The second kappa shape index (κ2) is 12.6. The van der Waals surface area contributed by atoms with E-state index in [9.17, 15) is 23.2 Å². The molecule has 2 aliphatic rings. The number of aromatic nitrogens is 1. The number of carbonyl (C=O) groups is 2. The van der Waals surface area contributed by atoms with Crippen LogP contribution in [-0.2, 0) is 13.2 Å². The van der Waals surface area contributed by atoms with E-state index in [-0.39, 0.29) is 48.3 Å². The van der Waals surface area contributed by atoms with Crippen LogP contribution in [0.15, 0.2) is 71.7 Å². The van der Waals surface area contributed by atoms with Gasteiger partial charge in [0.2, 0.25) is 5.43 Å². The Morgan fingerprint density at radius 2 is 1.83 bits per heavy atom. The van der Waals surface area contributed by atoms with Crippen molar-refractivity contribution in [3.05, 3.63) is 111 Å². The zero-order valence-corrected chi connectivity index (χ0v) is 23.6. The van der Waals surface area contributed by atoms with Gasteiger partial charge in [0, 0.05) is 37.5 Å². The van der Waals surface area contributed by atoms with Crippen LogP contribution in [0.4, 0.5) is 8.78 Å². The summed E-state index contributed by atoms with van der Waals surface area (Å²) in [5, 5.41) is 4.53. The monoisotopic (exact) mass is 576 g/mol. The second-order valence-corrected chi connectivity index (χ2v) is 10.8. The van der Waals surface area contributed by atoms with Crippen LogP contribution >= 0.6 is 0 Å². The Kier molecular flexibility index (Phi) is 8.70. The summed E-state index contributed by atoms with van der Waals surface area (Å²) in [5.74, 6) is -2.55. The number of hydrogen-bond acceptors (Lipinski definition) is 5. The molecule has 0 saturated heterocycles. The fourth-order valence-corrected chi connectivity index (χ4v) is 5.39. The molecule has 0 spiro atoms. The molecule has 2 heterocycles. The van der Waals surface area contributed by atoms with Crippen LogP contribution < -0.4 is 20.5 Å². The number of pyridine rings is 1. The van der Waals surface area contributed by atoms with E-state index in [1.807, 2.05) is 42.3 Å². The molecule has 3 aromatic rings. The highest BCUT2D eigenvalue weighted by molar-refractivity contribution is 5.99. The van der Waals surface area contributed by atoms with Crippen molar-refractivity contribution in [2.75, 3.05) is 24.8 Å². The highest BCUT2D eigenvalue weighted by atomic mass is 19.1. The molecule has 1 fully saturated rings. The predicted octanol–water partition coefficient (Wildman–Crippen LogP) is 4.75. The molecule has 1 aromatic heterocycles. The number of fused-ring (bicyclic) bond motifs is 1. The Labute approximate surface area is 243 Å². The van der Waals surface area contributed by atoms with Crippen molar-refractivity contribution in [3.8, 4) is 5.75 Å². The van der Waals surface area contributed by atoms with Crippen molar-refractivity contribution >= 4 is 11.8 Å². The Morgan fingerprint density at radius 3 is 2.52 bits per heavy atom. The van der Waals surface area contributed by atoms with Gasteiger partial charge in [0.25, 0.3) is 11.8 Å². The van der Waals surface area contributed by atoms with Gasteiger partial charge in [0.05, 0.1) is 0 Å². The van der Waals surface area contributed by atoms with Crippen molar-refractivity contribution < 1.29 is 23.1 Å². The zero-order chi connectivity index (χ0) is 29.8. The lowest BCUT2D eigenvalue weighted by molar-refractivity contribution is 0.0687. The third-order valence-corrected chi connectivity index (χ3v) is 7.86. The number of halogens is 2. The Balaban J connectivity index is 1.53. The SMILES string of the molecule is C=C1CCC(CN2CN(CC)C(=O)c3c(OCc4ccccc4)c(=O)c(C(=O)NCc4ccc(F)cc4F)cn32)CC1. The van der Waals surface area contributed by atoms with E-state index in [1.54, 1.807) is 9.58 Å². The van der Waals surface area contributed by atoms with Gasteiger partial charge in [-0.15, -0.1) is 0 Å². The van der Waals surface area contributed by atoms with E-state index in [4.69, 9.17) is 4.74 Å². The number of allylic oxidation sites excluding steroid dienone is 1. The number of hydrogen-bond donors (Lipinski definition) is 1. The molecule has 1 N–H and O–H groups in total. The molecule has 1 aliphatic heterocycles. The normalized spacial score (nSPS) is 15.5. The zero-order valence-electron chi connectivity index (χ0n) is 23.6. The number of amides is 2. The molecule has 2 amide bonds. The maximum atomic E-state index is 14.2. The van der Waals surface area contributed by atoms with Gasteiger partial charge in [0.1, 0.15) is 30.5 Å². The summed E-state index contributed by atoms with van der Waals surface area (Å²) in [4.78, 5) is 42.4. The van der Waals surface area contributed by atoms with Crippen molar-refractivity contribution in [1.82, 2.24) is 14.9 Å². The first kappa shape index (κ1) is 29.0. The van der Waals surface area contributed by atoms with E-state index in [0.29, 0.717) is 19.0 Å². The average Bonchev–Trinajstić information content (AvgIpc) is 2.98. The smallest absolute Gasteiger partial charge is 0.277 e. The number of ether oxygens (including phenoxy) is 1. The quantitative estimate of drug-likeness (QED) is 0.372. The summed E-state index contributed by atoms with van der Waals surface area (Å²) in [5.41, 5.74) is 1.15. The van der Waals surface area contributed by atoms with Crippen molar-refractivity contribution in [2.24, 2.45) is 5.92 Å². The first-order valence-electron chi connectivity index (χ1n) is 14.1. The highest BCUT2D eigenvalue weighted by Gasteiger charge is 2.35. The Bertz CT molecular complexity index is 1550. The van der Waals surface area contributed by atoms with Gasteiger partial charge in [-0.3, -0.25) is 24.1 Å². The van der Waals surface area contributed by atoms with Crippen molar-refractivity contribution in [1.29, 1.82) is 0 Å². The summed E-state index contributed by atoms with van der Waals surface area (Å²) in [7, 11) is 0. The largest absolute Gasteiger partial charge is 0.482 e. The maximum Gasteiger partial charge on any atom is 0.277 e. The number of carbonyl (C=O) groups excluding carboxylic acids is 2. The van der Waals surface area contributed by atoms with Crippen molar-refractivity contribution in [3.63, 3.8) is 0 Å². The summed E-state index contributed by atoms with van der Waals surface area (Å²) >= 11 is 0. The molecule has 1 aliphatic carbocycles. The number of rotatable bonds is 9. The molecule has 8 nitrogen and oxygen atoms in total.